The van der Waals surface area contributed by atoms with Crippen molar-refractivity contribution < 1.29 is 14.3 Å². The minimum Gasteiger partial charge on any atom is -0.486 e. The third-order valence-electron chi connectivity index (χ3n) is 6.41. The molecule has 0 aliphatic carbocycles. The third kappa shape index (κ3) is 6.42. The molecular weight excluding hydrogens is 751 g/mol. The monoisotopic (exact) mass is 768 g/mol. The Balaban J connectivity index is 1.54. The largest absolute Gasteiger partial charge is 0.486 e. The summed E-state index contributed by atoms with van der Waals surface area (Å²) >= 11 is 26.8. The van der Waals surface area contributed by atoms with E-state index in [1.807, 2.05) is 18.2 Å². The van der Waals surface area contributed by atoms with E-state index in [0.717, 1.165) is 16.7 Å². The normalized spacial score (nSPS) is 14.9. The number of carbonyl (C=O) groups is 1. The molecule has 0 unspecified atom stereocenters. The van der Waals surface area contributed by atoms with Gasteiger partial charge in [0.1, 0.15) is 12.4 Å². The van der Waals surface area contributed by atoms with Crippen molar-refractivity contribution in [3.8, 4) is 5.75 Å². The van der Waals surface area contributed by atoms with Gasteiger partial charge in [0.15, 0.2) is 4.80 Å². The average molecular weight is 772 g/mol. The predicted molar refractivity (Wildman–Crippen MR) is 174 cm³/mol. The van der Waals surface area contributed by atoms with Gasteiger partial charge in [-0.25, -0.2) is 9.79 Å². The topological polar surface area (TPSA) is 69.9 Å². The summed E-state index contributed by atoms with van der Waals surface area (Å²) < 4.78 is 14.7. The molecule has 1 aliphatic heterocycles. The molecule has 2 heterocycles. The third-order valence-corrected chi connectivity index (χ3v) is 9.41. The van der Waals surface area contributed by atoms with Crippen LogP contribution < -0.4 is 19.6 Å². The van der Waals surface area contributed by atoms with Gasteiger partial charge in [-0.1, -0.05) is 64.3 Å². The van der Waals surface area contributed by atoms with Crippen LogP contribution in [0.5, 0.6) is 5.75 Å². The van der Waals surface area contributed by atoms with Crippen molar-refractivity contribution in [1.29, 1.82) is 0 Å². The number of benzene rings is 3. The average Bonchev–Trinajstić information content (AvgIpc) is 3.23. The van der Waals surface area contributed by atoms with Gasteiger partial charge in [-0.15, -0.1) is 0 Å². The lowest BCUT2D eigenvalue weighted by molar-refractivity contribution is -0.139. The number of ether oxygens (including phenoxy) is 2. The fourth-order valence-corrected chi connectivity index (χ4v) is 7.58. The van der Waals surface area contributed by atoms with E-state index in [1.54, 1.807) is 56.3 Å². The molecule has 3 aromatic carbocycles. The minimum atomic E-state index is -0.714. The summed E-state index contributed by atoms with van der Waals surface area (Å²) in [6.07, 6.45) is 1.78. The SMILES string of the molecule is CCOC(=O)C1=C(C)N=c2s/c(=C\c3cc(Br)c(OCc4ccc(Cl)cc4Cl)c(Br)c3)c(=O)n2[C@@H]1c1ccc(Cl)cc1. The number of hydrogen-bond acceptors (Lipinski definition) is 6. The number of hydrogen-bond donors (Lipinski definition) is 0. The number of carbonyl (C=O) groups excluding carboxylic acids is 1. The van der Waals surface area contributed by atoms with Crippen molar-refractivity contribution in [3.05, 3.63) is 126 Å². The van der Waals surface area contributed by atoms with Crippen LogP contribution in [0.15, 0.2) is 84.6 Å². The number of halogens is 5. The molecule has 1 atom stereocenters. The molecule has 12 heteroatoms. The Labute approximate surface area is 277 Å². The number of allylic oxidation sites excluding steroid dienone is 1. The fraction of sp³-hybridized carbons (Fsp3) is 0.167. The molecule has 216 valence electrons. The summed E-state index contributed by atoms with van der Waals surface area (Å²) in [6, 6.07) is 15.3. The molecule has 1 aliphatic rings. The molecule has 0 amide bonds. The summed E-state index contributed by atoms with van der Waals surface area (Å²) in [4.78, 5) is 32.0. The molecule has 1 aromatic heterocycles. The number of thiazole rings is 1. The predicted octanol–water partition coefficient (Wildman–Crippen LogP) is 7.86. The standard InChI is InChI=1S/C30H21Br2Cl3N2O4S/c1-3-40-29(39)25-15(2)36-30-37(26(25)17-4-7-19(33)8-5-17)28(38)24(42-30)12-16-10-21(31)27(22(32)11-16)41-14-18-6-9-20(34)13-23(18)35/h4-13,26H,3,14H2,1-2H3/b24-12-/t26-/m1/s1. The van der Waals surface area contributed by atoms with E-state index in [0.29, 0.717) is 50.4 Å². The Hall–Kier alpha value is -2.40. The Kier molecular flexibility index (Phi) is 9.66. The van der Waals surface area contributed by atoms with Crippen LogP contribution in [0.1, 0.15) is 36.6 Å². The van der Waals surface area contributed by atoms with Crippen LogP contribution in [0.2, 0.25) is 15.1 Å². The van der Waals surface area contributed by atoms with Crippen LogP contribution in [0.3, 0.4) is 0 Å². The van der Waals surface area contributed by atoms with Crippen molar-refractivity contribution >= 4 is 90.0 Å². The molecule has 5 rings (SSSR count). The molecule has 42 heavy (non-hydrogen) atoms. The fourth-order valence-electron chi connectivity index (χ4n) is 4.49. The van der Waals surface area contributed by atoms with E-state index in [-0.39, 0.29) is 18.8 Å². The lowest BCUT2D eigenvalue weighted by Gasteiger charge is -2.24. The van der Waals surface area contributed by atoms with Crippen molar-refractivity contribution in [3.63, 3.8) is 0 Å². The maximum Gasteiger partial charge on any atom is 0.338 e. The van der Waals surface area contributed by atoms with Gasteiger partial charge in [0.2, 0.25) is 0 Å². The van der Waals surface area contributed by atoms with Crippen molar-refractivity contribution in [2.45, 2.75) is 26.5 Å². The number of nitrogens with zero attached hydrogens (tertiary/aromatic N) is 2. The van der Waals surface area contributed by atoms with Gasteiger partial charge in [-0.05, 0) is 99.3 Å². The summed E-state index contributed by atoms with van der Waals surface area (Å²) in [7, 11) is 0. The number of esters is 1. The molecule has 6 nitrogen and oxygen atoms in total. The van der Waals surface area contributed by atoms with E-state index in [1.165, 1.54) is 15.9 Å². The van der Waals surface area contributed by atoms with Crippen LogP contribution in [-0.4, -0.2) is 17.1 Å². The van der Waals surface area contributed by atoms with Gasteiger partial charge in [0, 0.05) is 20.6 Å². The first kappa shape index (κ1) is 31.0. The first-order valence-corrected chi connectivity index (χ1v) is 16.1. The first-order chi connectivity index (χ1) is 20.1. The molecule has 0 bridgehead atoms. The van der Waals surface area contributed by atoms with Crippen molar-refractivity contribution in [2.75, 3.05) is 6.61 Å². The smallest absolute Gasteiger partial charge is 0.338 e. The van der Waals surface area contributed by atoms with Crippen molar-refractivity contribution in [1.82, 2.24) is 4.57 Å². The molecule has 0 saturated heterocycles. The maximum atomic E-state index is 13.9. The van der Waals surface area contributed by atoms with Crippen LogP contribution in [0.4, 0.5) is 0 Å². The second-order valence-corrected chi connectivity index (χ2v) is 13.2. The lowest BCUT2D eigenvalue weighted by atomic mass is 9.96. The molecule has 4 aromatic rings. The molecule has 0 N–H and O–H groups in total. The maximum absolute atomic E-state index is 13.9. The number of fused-ring (bicyclic) bond motifs is 1. The van der Waals surface area contributed by atoms with Gasteiger partial charge < -0.3 is 9.47 Å². The molecular formula is C30H21Br2Cl3N2O4S. The van der Waals surface area contributed by atoms with Gasteiger partial charge >= 0.3 is 5.97 Å². The van der Waals surface area contributed by atoms with E-state index >= 15 is 0 Å². The van der Waals surface area contributed by atoms with Gasteiger partial charge in [0.25, 0.3) is 5.56 Å². The van der Waals surface area contributed by atoms with Crippen LogP contribution in [-0.2, 0) is 16.1 Å². The minimum absolute atomic E-state index is 0.198. The van der Waals surface area contributed by atoms with Crippen LogP contribution >= 0.6 is 78.0 Å². The number of aromatic nitrogens is 1. The van der Waals surface area contributed by atoms with Crippen molar-refractivity contribution in [2.24, 2.45) is 4.99 Å². The zero-order chi connectivity index (χ0) is 30.1. The van der Waals surface area contributed by atoms with Crippen LogP contribution in [0.25, 0.3) is 6.08 Å². The lowest BCUT2D eigenvalue weighted by Crippen LogP contribution is -2.39. The summed E-state index contributed by atoms with van der Waals surface area (Å²) in [5, 5.41) is 1.61. The second-order valence-electron chi connectivity index (χ2n) is 9.19. The van der Waals surface area contributed by atoms with Gasteiger partial charge in [-0.2, -0.15) is 0 Å². The first-order valence-electron chi connectivity index (χ1n) is 12.6. The Morgan fingerprint density at radius 2 is 1.71 bits per heavy atom. The summed E-state index contributed by atoms with van der Waals surface area (Å²) in [6.45, 7) is 3.91. The highest BCUT2D eigenvalue weighted by Crippen LogP contribution is 2.36. The Bertz CT molecular complexity index is 1900. The Morgan fingerprint density at radius 1 is 1.05 bits per heavy atom. The molecule has 0 radical (unpaired) electrons. The summed E-state index contributed by atoms with van der Waals surface area (Å²) in [5.74, 6) is 0.0633. The van der Waals surface area contributed by atoms with Gasteiger partial charge in [-0.3, -0.25) is 9.36 Å². The highest BCUT2D eigenvalue weighted by molar-refractivity contribution is 9.11. The quantitative estimate of drug-likeness (QED) is 0.180. The molecule has 0 fully saturated rings. The van der Waals surface area contributed by atoms with Crippen LogP contribution in [0, 0.1) is 0 Å². The second kappa shape index (κ2) is 13.1. The molecule has 0 saturated carbocycles. The highest BCUT2D eigenvalue weighted by Gasteiger charge is 2.33. The molecule has 0 spiro atoms. The zero-order valence-electron chi connectivity index (χ0n) is 22.1. The van der Waals surface area contributed by atoms with Gasteiger partial charge in [0.05, 0.1) is 37.4 Å². The number of rotatable bonds is 7. The summed E-state index contributed by atoms with van der Waals surface area (Å²) in [5.41, 5.74) is 2.79. The zero-order valence-corrected chi connectivity index (χ0v) is 28.3. The van der Waals surface area contributed by atoms with E-state index in [2.05, 4.69) is 36.9 Å². The van der Waals surface area contributed by atoms with E-state index in [9.17, 15) is 9.59 Å². The highest BCUT2D eigenvalue weighted by atomic mass is 79.9. The van der Waals surface area contributed by atoms with E-state index in [4.69, 9.17) is 44.3 Å². The van der Waals surface area contributed by atoms with E-state index < -0.39 is 12.0 Å². The Morgan fingerprint density at radius 3 is 2.36 bits per heavy atom.